The second-order valence-electron chi connectivity index (χ2n) is 4.36. The lowest BCUT2D eigenvalue weighted by Gasteiger charge is -2.10. The van der Waals surface area contributed by atoms with Crippen molar-refractivity contribution in [2.45, 2.75) is 32.7 Å². The fraction of sp³-hybridized carbons (Fsp3) is 0.429. The Morgan fingerprint density at radius 2 is 1.95 bits per heavy atom. The molecule has 19 heavy (non-hydrogen) atoms. The van der Waals surface area contributed by atoms with Crippen LogP contribution >= 0.6 is 27.3 Å². The molecule has 0 bridgehead atoms. The number of hydrogen-bond acceptors (Lipinski definition) is 4. The van der Waals surface area contributed by atoms with Crippen LogP contribution in [0.1, 0.15) is 41.9 Å². The quantitative estimate of drug-likeness (QED) is 0.865. The number of benzene rings is 1. The second kappa shape index (κ2) is 7.12. The number of hydrogen-bond donors (Lipinski definition) is 1. The molecule has 0 fully saturated rings. The molecule has 1 N–H and O–H groups in total. The van der Waals surface area contributed by atoms with Gasteiger partial charge in [0.1, 0.15) is 10.0 Å². The van der Waals surface area contributed by atoms with E-state index < -0.39 is 0 Å². The van der Waals surface area contributed by atoms with Gasteiger partial charge in [0.15, 0.2) is 0 Å². The van der Waals surface area contributed by atoms with E-state index in [1.54, 1.807) is 11.3 Å². The van der Waals surface area contributed by atoms with Crippen LogP contribution in [0.25, 0.3) is 0 Å². The van der Waals surface area contributed by atoms with E-state index in [1.807, 2.05) is 0 Å². The van der Waals surface area contributed by atoms with E-state index in [-0.39, 0.29) is 0 Å². The maximum Gasteiger partial charge on any atom is 0.134 e. The first kappa shape index (κ1) is 14.6. The van der Waals surface area contributed by atoms with E-state index in [0.29, 0.717) is 6.04 Å². The summed E-state index contributed by atoms with van der Waals surface area (Å²) in [4.78, 5) is 0. The van der Waals surface area contributed by atoms with Gasteiger partial charge in [-0.05, 0) is 30.7 Å². The van der Waals surface area contributed by atoms with Gasteiger partial charge in [0.05, 0.1) is 6.04 Å². The van der Waals surface area contributed by atoms with Crippen LogP contribution in [0.3, 0.4) is 0 Å². The van der Waals surface area contributed by atoms with Gasteiger partial charge in [0.2, 0.25) is 0 Å². The number of nitrogens with one attached hydrogen (secondary N) is 1. The molecule has 1 aromatic carbocycles. The Kier molecular flexibility index (Phi) is 5.48. The van der Waals surface area contributed by atoms with Crippen LogP contribution < -0.4 is 5.32 Å². The molecule has 0 aliphatic heterocycles. The zero-order chi connectivity index (χ0) is 13.7. The van der Waals surface area contributed by atoms with Crippen LogP contribution in [0, 0.1) is 0 Å². The molecular formula is C14H18BrN3S. The zero-order valence-electron chi connectivity index (χ0n) is 11.2. The molecule has 0 radical (unpaired) electrons. The van der Waals surface area contributed by atoms with E-state index in [1.165, 1.54) is 5.56 Å². The highest BCUT2D eigenvalue weighted by Crippen LogP contribution is 2.23. The van der Waals surface area contributed by atoms with Crippen molar-refractivity contribution in [3.05, 3.63) is 44.3 Å². The number of aromatic nitrogens is 2. The van der Waals surface area contributed by atoms with Crippen molar-refractivity contribution in [3.8, 4) is 0 Å². The van der Waals surface area contributed by atoms with E-state index in [0.717, 1.165) is 33.9 Å². The Morgan fingerprint density at radius 3 is 2.58 bits per heavy atom. The SMILES string of the molecule is CCNC(CC)c1nnc(Cc2ccc(Br)cc2)s1. The van der Waals surface area contributed by atoms with Crippen molar-refractivity contribution in [3.63, 3.8) is 0 Å². The molecule has 1 unspecified atom stereocenters. The van der Waals surface area contributed by atoms with E-state index in [9.17, 15) is 0 Å². The minimum absolute atomic E-state index is 0.334. The normalized spacial score (nSPS) is 12.6. The van der Waals surface area contributed by atoms with Crippen LogP contribution in [0.4, 0.5) is 0 Å². The predicted molar refractivity (Wildman–Crippen MR) is 83.6 cm³/mol. The molecule has 0 spiro atoms. The monoisotopic (exact) mass is 339 g/mol. The molecule has 0 saturated carbocycles. The fourth-order valence-corrected chi connectivity index (χ4v) is 3.21. The van der Waals surface area contributed by atoms with Crippen molar-refractivity contribution in [2.24, 2.45) is 0 Å². The van der Waals surface area contributed by atoms with E-state index >= 15 is 0 Å². The van der Waals surface area contributed by atoms with Crippen molar-refractivity contribution in [1.82, 2.24) is 15.5 Å². The van der Waals surface area contributed by atoms with Crippen molar-refractivity contribution >= 4 is 27.3 Å². The lowest BCUT2D eigenvalue weighted by Crippen LogP contribution is -2.19. The third-order valence-electron chi connectivity index (χ3n) is 2.91. The van der Waals surface area contributed by atoms with Gasteiger partial charge in [-0.1, -0.05) is 53.2 Å². The van der Waals surface area contributed by atoms with Gasteiger partial charge in [-0.2, -0.15) is 0 Å². The highest BCUT2D eigenvalue weighted by atomic mass is 79.9. The molecule has 2 rings (SSSR count). The van der Waals surface area contributed by atoms with Crippen LogP contribution in [0.15, 0.2) is 28.7 Å². The molecule has 1 atom stereocenters. The Balaban J connectivity index is 2.06. The van der Waals surface area contributed by atoms with Crippen LogP contribution in [-0.2, 0) is 6.42 Å². The molecule has 102 valence electrons. The first-order valence-corrected chi connectivity index (χ1v) is 8.14. The first-order valence-electron chi connectivity index (χ1n) is 6.53. The third-order valence-corrected chi connectivity index (χ3v) is 4.47. The lowest BCUT2D eigenvalue weighted by atomic mass is 10.2. The van der Waals surface area contributed by atoms with E-state index in [4.69, 9.17) is 0 Å². The van der Waals surface area contributed by atoms with Gasteiger partial charge >= 0.3 is 0 Å². The number of halogens is 1. The highest BCUT2D eigenvalue weighted by molar-refractivity contribution is 9.10. The van der Waals surface area contributed by atoms with Crippen molar-refractivity contribution in [2.75, 3.05) is 6.54 Å². The minimum atomic E-state index is 0.334. The molecule has 0 aliphatic rings. The summed E-state index contributed by atoms with van der Waals surface area (Å²) in [6, 6.07) is 8.69. The second-order valence-corrected chi connectivity index (χ2v) is 6.37. The summed E-state index contributed by atoms with van der Waals surface area (Å²) < 4.78 is 1.10. The summed E-state index contributed by atoms with van der Waals surface area (Å²) in [7, 11) is 0. The Morgan fingerprint density at radius 1 is 1.21 bits per heavy atom. The summed E-state index contributed by atoms with van der Waals surface area (Å²) in [6.45, 7) is 5.25. The summed E-state index contributed by atoms with van der Waals surface area (Å²) >= 11 is 5.16. The van der Waals surface area contributed by atoms with Crippen molar-refractivity contribution < 1.29 is 0 Å². The predicted octanol–water partition coefficient (Wildman–Crippen LogP) is 3.95. The van der Waals surface area contributed by atoms with Gasteiger partial charge in [0, 0.05) is 10.9 Å². The number of nitrogens with zero attached hydrogens (tertiary/aromatic N) is 2. The summed E-state index contributed by atoms with van der Waals surface area (Å²) in [6.07, 6.45) is 1.90. The largest absolute Gasteiger partial charge is 0.308 e. The number of rotatable bonds is 6. The maximum absolute atomic E-state index is 4.32. The molecule has 0 aliphatic carbocycles. The first-order chi connectivity index (χ1) is 9.22. The topological polar surface area (TPSA) is 37.8 Å². The summed E-state index contributed by atoms with van der Waals surface area (Å²) in [5.41, 5.74) is 1.27. The highest BCUT2D eigenvalue weighted by Gasteiger charge is 2.13. The maximum atomic E-state index is 4.32. The average Bonchev–Trinajstić information content (AvgIpc) is 2.87. The van der Waals surface area contributed by atoms with Gasteiger partial charge in [-0.15, -0.1) is 10.2 Å². The third kappa shape index (κ3) is 4.09. The molecule has 3 nitrogen and oxygen atoms in total. The van der Waals surface area contributed by atoms with Crippen LogP contribution in [-0.4, -0.2) is 16.7 Å². The Labute approximate surface area is 126 Å². The van der Waals surface area contributed by atoms with Gasteiger partial charge < -0.3 is 5.32 Å². The summed E-state index contributed by atoms with van der Waals surface area (Å²) in [5.74, 6) is 0. The van der Waals surface area contributed by atoms with Gasteiger partial charge in [0.25, 0.3) is 0 Å². The molecule has 0 saturated heterocycles. The lowest BCUT2D eigenvalue weighted by molar-refractivity contribution is 0.531. The van der Waals surface area contributed by atoms with Crippen molar-refractivity contribution in [1.29, 1.82) is 0 Å². The van der Waals surface area contributed by atoms with E-state index in [2.05, 4.69) is 69.6 Å². The Bertz CT molecular complexity index is 510. The average molecular weight is 340 g/mol. The smallest absolute Gasteiger partial charge is 0.134 e. The minimum Gasteiger partial charge on any atom is -0.308 e. The fourth-order valence-electron chi connectivity index (χ4n) is 1.91. The molecule has 5 heteroatoms. The summed E-state index contributed by atoms with van der Waals surface area (Å²) in [5, 5.41) is 14.2. The standard InChI is InChI=1S/C14H18BrN3S/c1-3-12(16-4-2)14-18-17-13(19-14)9-10-5-7-11(15)8-6-10/h5-8,12,16H,3-4,9H2,1-2H3. The van der Waals surface area contributed by atoms with Crippen LogP contribution in [0.2, 0.25) is 0 Å². The molecular weight excluding hydrogens is 322 g/mol. The molecule has 2 aromatic rings. The van der Waals surface area contributed by atoms with Gasteiger partial charge in [-0.25, -0.2) is 0 Å². The van der Waals surface area contributed by atoms with Crippen LogP contribution in [0.5, 0.6) is 0 Å². The zero-order valence-corrected chi connectivity index (χ0v) is 13.6. The molecule has 1 heterocycles. The molecule has 0 amide bonds. The Hall–Kier alpha value is -0.780. The van der Waals surface area contributed by atoms with Gasteiger partial charge in [-0.3, -0.25) is 0 Å². The molecule has 1 aromatic heterocycles.